The zero-order valence-corrected chi connectivity index (χ0v) is 9.51. The van der Waals surface area contributed by atoms with Gasteiger partial charge in [0.15, 0.2) is 0 Å². The Hall–Kier alpha value is -1.01. The average Bonchev–Trinajstić information content (AvgIpc) is 2.18. The molecule has 1 aromatic rings. The van der Waals surface area contributed by atoms with Crippen molar-refractivity contribution in [1.29, 1.82) is 5.26 Å². The normalized spacial score (nSPS) is 12.5. The molecule has 0 aliphatic heterocycles. The number of hydrogen-bond acceptors (Lipinski definition) is 3. The molecule has 1 rings (SSSR count). The molecule has 1 heterocycles. The van der Waals surface area contributed by atoms with Gasteiger partial charge in [0.1, 0.15) is 0 Å². The van der Waals surface area contributed by atoms with Crippen molar-refractivity contribution in [1.82, 2.24) is 4.98 Å². The highest BCUT2D eigenvalue weighted by Crippen LogP contribution is 2.26. The van der Waals surface area contributed by atoms with Gasteiger partial charge in [0.05, 0.1) is 16.7 Å². The first kappa shape index (κ1) is 11.1. The summed E-state index contributed by atoms with van der Waals surface area (Å²) in [7, 11) is 0. The summed E-state index contributed by atoms with van der Waals surface area (Å²) < 4.78 is 0. The van der Waals surface area contributed by atoms with Crippen LogP contribution in [0.15, 0.2) is 23.4 Å². The van der Waals surface area contributed by atoms with Gasteiger partial charge in [-0.25, -0.2) is 4.98 Å². The van der Waals surface area contributed by atoms with Crippen molar-refractivity contribution in [3.63, 3.8) is 0 Å². The zero-order valence-electron chi connectivity index (χ0n) is 8.69. The third kappa shape index (κ3) is 3.04. The van der Waals surface area contributed by atoms with E-state index in [1.54, 1.807) is 24.0 Å². The van der Waals surface area contributed by atoms with E-state index in [1.807, 2.05) is 6.07 Å². The van der Waals surface area contributed by atoms with Crippen LogP contribution in [0, 0.1) is 17.2 Å². The molecule has 0 amide bonds. The first-order chi connectivity index (χ1) is 6.63. The van der Waals surface area contributed by atoms with Crippen LogP contribution in [-0.4, -0.2) is 10.2 Å². The van der Waals surface area contributed by atoms with E-state index < -0.39 is 0 Å². The quantitative estimate of drug-likeness (QED) is 0.713. The lowest BCUT2D eigenvalue weighted by molar-refractivity contribution is 0.641. The predicted octanol–water partition coefficient (Wildman–Crippen LogP) is 3.09. The molecule has 0 saturated heterocycles. The van der Waals surface area contributed by atoms with Crippen LogP contribution in [0.4, 0.5) is 0 Å². The van der Waals surface area contributed by atoms with Crippen molar-refractivity contribution < 1.29 is 0 Å². The second-order valence-corrected chi connectivity index (χ2v) is 4.96. The lowest BCUT2D eigenvalue weighted by Crippen LogP contribution is -2.05. The molecule has 0 saturated carbocycles. The molecule has 74 valence electrons. The molecule has 0 aliphatic rings. The molecular formula is C11H14N2S. The maximum absolute atomic E-state index is 8.72. The molecule has 0 spiro atoms. The first-order valence-corrected chi connectivity index (χ1v) is 5.54. The number of nitriles is 1. The molecule has 1 atom stereocenters. The Morgan fingerprint density at radius 1 is 1.43 bits per heavy atom. The first-order valence-electron chi connectivity index (χ1n) is 4.66. The molecule has 0 bridgehead atoms. The monoisotopic (exact) mass is 206 g/mol. The lowest BCUT2D eigenvalue weighted by Gasteiger charge is -2.13. The Bertz CT molecular complexity index is 341. The Morgan fingerprint density at radius 3 is 2.71 bits per heavy atom. The van der Waals surface area contributed by atoms with Crippen LogP contribution < -0.4 is 0 Å². The van der Waals surface area contributed by atoms with Crippen molar-refractivity contribution in [2.45, 2.75) is 31.0 Å². The van der Waals surface area contributed by atoms with Crippen molar-refractivity contribution >= 4 is 11.8 Å². The van der Waals surface area contributed by atoms with E-state index in [2.05, 4.69) is 31.8 Å². The minimum atomic E-state index is 0.524. The van der Waals surface area contributed by atoms with Crippen LogP contribution in [0.25, 0.3) is 0 Å². The molecule has 0 radical (unpaired) electrons. The van der Waals surface area contributed by atoms with Gasteiger partial charge in [-0.2, -0.15) is 5.26 Å². The van der Waals surface area contributed by atoms with Gasteiger partial charge in [0.2, 0.25) is 0 Å². The number of hydrogen-bond donors (Lipinski definition) is 0. The van der Waals surface area contributed by atoms with Gasteiger partial charge >= 0.3 is 0 Å². The summed E-state index contributed by atoms with van der Waals surface area (Å²) in [5.74, 6) is 0.618. The lowest BCUT2D eigenvalue weighted by atomic mass is 10.2. The van der Waals surface area contributed by atoms with Crippen LogP contribution in [-0.2, 0) is 0 Å². The number of nitrogens with zero attached hydrogens (tertiary/aromatic N) is 2. The van der Waals surface area contributed by atoms with Crippen LogP contribution in [0.5, 0.6) is 0 Å². The molecule has 0 aromatic carbocycles. The summed E-state index contributed by atoms with van der Waals surface area (Å²) in [4.78, 5) is 4.22. The molecule has 14 heavy (non-hydrogen) atoms. The second-order valence-electron chi connectivity index (χ2n) is 3.56. The summed E-state index contributed by atoms with van der Waals surface area (Å²) in [6.07, 6.45) is 1.69. The molecular weight excluding hydrogens is 192 g/mol. The van der Waals surface area contributed by atoms with Gasteiger partial charge in [-0.3, -0.25) is 0 Å². The van der Waals surface area contributed by atoms with Crippen LogP contribution in [0.2, 0.25) is 0 Å². The van der Waals surface area contributed by atoms with E-state index in [1.165, 1.54) is 0 Å². The maximum Gasteiger partial charge on any atom is 0.0993 e. The van der Waals surface area contributed by atoms with E-state index >= 15 is 0 Å². The van der Waals surface area contributed by atoms with Gasteiger partial charge in [0.25, 0.3) is 0 Å². The van der Waals surface area contributed by atoms with Crippen LogP contribution >= 0.6 is 11.8 Å². The summed E-state index contributed by atoms with van der Waals surface area (Å²) in [6.45, 7) is 6.55. The minimum absolute atomic E-state index is 0.524. The second kappa shape index (κ2) is 5.02. The number of aromatic nitrogens is 1. The minimum Gasteiger partial charge on any atom is -0.250 e. The van der Waals surface area contributed by atoms with E-state index in [0.29, 0.717) is 16.7 Å². The van der Waals surface area contributed by atoms with Crippen molar-refractivity contribution in [3.8, 4) is 6.07 Å². The summed E-state index contributed by atoms with van der Waals surface area (Å²) in [5, 5.41) is 10.2. The average molecular weight is 206 g/mol. The molecule has 1 aromatic heterocycles. The number of thioether (sulfide) groups is 1. The standard InChI is InChI=1S/C11H14N2S/c1-8(2)9(3)14-11-6-10(7-12)4-5-13-11/h4-6,8-9H,1-3H3. The fourth-order valence-electron chi connectivity index (χ4n) is 0.870. The van der Waals surface area contributed by atoms with Crippen LogP contribution in [0.1, 0.15) is 26.3 Å². The fourth-order valence-corrected chi connectivity index (χ4v) is 1.84. The fraction of sp³-hybridized carbons (Fsp3) is 0.455. The number of pyridine rings is 1. The third-order valence-electron chi connectivity index (χ3n) is 2.11. The van der Waals surface area contributed by atoms with E-state index in [4.69, 9.17) is 5.26 Å². The molecule has 3 heteroatoms. The summed E-state index contributed by atoms with van der Waals surface area (Å²) in [6, 6.07) is 5.68. The van der Waals surface area contributed by atoms with Gasteiger partial charge < -0.3 is 0 Å². The summed E-state index contributed by atoms with van der Waals surface area (Å²) >= 11 is 1.72. The van der Waals surface area contributed by atoms with E-state index in [9.17, 15) is 0 Å². The Labute approximate surface area is 89.4 Å². The van der Waals surface area contributed by atoms with E-state index in [0.717, 1.165) is 5.03 Å². The van der Waals surface area contributed by atoms with Crippen molar-refractivity contribution in [2.24, 2.45) is 5.92 Å². The van der Waals surface area contributed by atoms with Gasteiger partial charge in [-0.15, -0.1) is 11.8 Å². The predicted molar refractivity (Wildman–Crippen MR) is 59.1 cm³/mol. The van der Waals surface area contributed by atoms with Crippen molar-refractivity contribution in [2.75, 3.05) is 0 Å². The van der Waals surface area contributed by atoms with E-state index in [-0.39, 0.29) is 0 Å². The molecule has 0 fully saturated rings. The largest absolute Gasteiger partial charge is 0.250 e. The molecule has 1 unspecified atom stereocenters. The van der Waals surface area contributed by atoms with Gasteiger partial charge in [-0.05, 0) is 18.1 Å². The maximum atomic E-state index is 8.72. The van der Waals surface area contributed by atoms with Gasteiger partial charge in [0, 0.05) is 11.4 Å². The Balaban J connectivity index is 2.73. The highest BCUT2D eigenvalue weighted by Gasteiger charge is 2.09. The summed E-state index contributed by atoms with van der Waals surface area (Å²) in [5.41, 5.74) is 0.679. The third-order valence-corrected chi connectivity index (χ3v) is 3.49. The SMILES string of the molecule is CC(C)C(C)Sc1cc(C#N)ccn1. The highest BCUT2D eigenvalue weighted by molar-refractivity contribution is 7.99. The topological polar surface area (TPSA) is 36.7 Å². The van der Waals surface area contributed by atoms with Gasteiger partial charge in [-0.1, -0.05) is 20.8 Å². The molecule has 2 nitrogen and oxygen atoms in total. The number of rotatable bonds is 3. The van der Waals surface area contributed by atoms with Crippen LogP contribution in [0.3, 0.4) is 0 Å². The Morgan fingerprint density at radius 2 is 2.14 bits per heavy atom. The molecule has 0 N–H and O–H groups in total. The zero-order chi connectivity index (χ0) is 10.6. The van der Waals surface area contributed by atoms with Crippen molar-refractivity contribution in [3.05, 3.63) is 23.9 Å². The smallest absolute Gasteiger partial charge is 0.0993 e. The molecule has 0 aliphatic carbocycles. The highest BCUT2D eigenvalue weighted by atomic mass is 32.2. The Kier molecular flexibility index (Phi) is 3.97.